The Kier molecular flexibility index (Phi) is 5.56. The zero-order valence-electron chi connectivity index (χ0n) is 14.3. The molecule has 1 aliphatic rings. The van der Waals surface area contributed by atoms with Gasteiger partial charge in [-0.2, -0.15) is 5.10 Å². The molecule has 0 spiro atoms. The highest BCUT2D eigenvalue weighted by atomic mass is 16.5. The van der Waals surface area contributed by atoms with Crippen LogP contribution in [0.25, 0.3) is 0 Å². The van der Waals surface area contributed by atoms with Crippen LogP contribution in [0.5, 0.6) is 5.75 Å². The van der Waals surface area contributed by atoms with Gasteiger partial charge in [0.25, 0.3) is 5.91 Å². The Morgan fingerprint density at radius 1 is 1.42 bits per heavy atom. The molecule has 1 atom stereocenters. The van der Waals surface area contributed by atoms with Crippen molar-refractivity contribution < 1.29 is 14.3 Å². The minimum Gasteiger partial charge on any atom is -0.484 e. The molecule has 1 aromatic carbocycles. The van der Waals surface area contributed by atoms with Crippen molar-refractivity contribution in [2.75, 3.05) is 13.2 Å². The zero-order chi connectivity index (χ0) is 17.7. The average molecular weight is 332 g/mol. The van der Waals surface area contributed by atoms with E-state index in [9.17, 15) is 9.59 Å². The molecule has 0 bridgehead atoms. The van der Waals surface area contributed by atoms with Gasteiger partial charge >= 0.3 is 0 Å². The maximum Gasteiger partial charge on any atom is 0.258 e. The van der Waals surface area contributed by atoms with E-state index in [1.807, 2.05) is 32.9 Å². The van der Waals surface area contributed by atoms with Crippen molar-refractivity contribution in [1.29, 1.82) is 0 Å². The first-order valence-corrected chi connectivity index (χ1v) is 7.90. The predicted molar refractivity (Wildman–Crippen MR) is 91.7 cm³/mol. The van der Waals surface area contributed by atoms with Crippen LogP contribution in [0.2, 0.25) is 0 Å². The van der Waals surface area contributed by atoms with E-state index in [2.05, 4.69) is 15.8 Å². The number of hydrogen-bond acceptors (Lipinski definition) is 5. The van der Waals surface area contributed by atoms with Gasteiger partial charge in [0, 0.05) is 24.4 Å². The number of nitrogens with one attached hydrogen (secondary N) is 2. The number of benzene rings is 1. The van der Waals surface area contributed by atoms with Gasteiger partial charge in [-0.3, -0.25) is 9.59 Å². The van der Waals surface area contributed by atoms with Gasteiger partial charge in [0.05, 0.1) is 5.71 Å². The van der Waals surface area contributed by atoms with E-state index in [-0.39, 0.29) is 24.3 Å². The third-order valence-corrected chi connectivity index (χ3v) is 3.52. The molecule has 2 amide bonds. The lowest BCUT2D eigenvalue weighted by molar-refractivity contribution is -0.123. The third-order valence-electron chi connectivity index (χ3n) is 3.52. The second-order valence-electron chi connectivity index (χ2n) is 6.72. The van der Waals surface area contributed by atoms with Crippen LogP contribution < -0.4 is 21.2 Å². The first-order chi connectivity index (χ1) is 11.2. The molecule has 0 radical (unpaired) electrons. The number of carbonyl (C=O) groups excluding carboxylic acids is 2. The summed E-state index contributed by atoms with van der Waals surface area (Å²) < 4.78 is 5.46. The Balaban J connectivity index is 1.88. The second-order valence-corrected chi connectivity index (χ2v) is 6.72. The summed E-state index contributed by atoms with van der Waals surface area (Å²) in [6.45, 7) is 5.96. The highest BCUT2D eigenvalue weighted by molar-refractivity contribution is 6.05. The van der Waals surface area contributed by atoms with E-state index in [0.29, 0.717) is 18.7 Å². The van der Waals surface area contributed by atoms with Crippen molar-refractivity contribution in [1.82, 2.24) is 10.7 Å². The molecule has 1 heterocycles. The Labute approximate surface area is 141 Å². The molecule has 24 heavy (non-hydrogen) atoms. The normalized spacial score (nSPS) is 17.8. The molecule has 1 unspecified atom stereocenters. The number of nitrogens with zero attached hydrogens (tertiary/aromatic N) is 1. The van der Waals surface area contributed by atoms with Crippen LogP contribution in [0, 0.1) is 5.92 Å². The zero-order valence-corrected chi connectivity index (χ0v) is 14.3. The molecule has 7 heteroatoms. The largest absolute Gasteiger partial charge is 0.484 e. The smallest absolute Gasteiger partial charge is 0.258 e. The molecular formula is C17H24N4O3. The van der Waals surface area contributed by atoms with Crippen LogP contribution in [-0.4, -0.2) is 36.2 Å². The molecule has 0 fully saturated rings. The molecule has 0 aromatic heterocycles. The van der Waals surface area contributed by atoms with Crippen molar-refractivity contribution in [3.8, 4) is 5.75 Å². The second kappa shape index (κ2) is 7.44. The van der Waals surface area contributed by atoms with Crippen molar-refractivity contribution in [3.05, 3.63) is 29.8 Å². The van der Waals surface area contributed by atoms with Crippen molar-refractivity contribution >= 4 is 17.5 Å². The minimum absolute atomic E-state index is 0.0657. The number of amides is 2. The van der Waals surface area contributed by atoms with Crippen molar-refractivity contribution in [2.24, 2.45) is 16.8 Å². The van der Waals surface area contributed by atoms with E-state index in [1.165, 1.54) is 0 Å². The summed E-state index contributed by atoms with van der Waals surface area (Å²) in [6.07, 6.45) is 0.425. The standard InChI is InChI=1S/C17H24N4O3/c1-11-8-14(22)20-21-16(11)12-4-6-13(7-5-12)24-9-15(23)19-10-17(2,3)18/h4-7,11H,8-10,18H2,1-3H3,(H,19,23)(H,20,22). The van der Waals surface area contributed by atoms with E-state index < -0.39 is 5.54 Å². The average Bonchev–Trinajstić information content (AvgIpc) is 2.51. The summed E-state index contributed by atoms with van der Waals surface area (Å²) in [5.41, 5.74) is 9.61. The van der Waals surface area contributed by atoms with Crippen LogP contribution in [0.3, 0.4) is 0 Å². The Bertz CT molecular complexity index is 632. The lowest BCUT2D eigenvalue weighted by Crippen LogP contribution is -2.46. The molecule has 2 rings (SSSR count). The molecule has 0 aliphatic carbocycles. The number of carbonyl (C=O) groups is 2. The van der Waals surface area contributed by atoms with Gasteiger partial charge in [-0.25, -0.2) is 5.43 Å². The molecule has 0 saturated heterocycles. The maximum absolute atomic E-state index is 11.7. The van der Waals surface area contributed by atoms with Gasteiger partial charge < -0.3 is 15.8 Å². The lowest BCUT2D eigenvalue weighted by Gasteiger charge is -2.19. The van der Waals surface area contributed by atoms with Crippen molar-refractivity contribution in [2.45, 2.75) is 32.7 Å². The Hall–Kier alpha value is -2.41. The minimum atomic E-state index is -0.454. The van der Waals surface area contributed by atoms with E-state index in [1.54, 1.807) is 12.1 Å². The Morgan fingerprint density at radius 3 is 2.67 bits per heavy atom. The van der Waals surface area contributed by atoms with Crippen LogP contribution in [0.1, 0.15) is 32.8 Å². The molecule has 4 N–H and O–H groups in total. The third kappa shape index (κ3) is 5.34. The number of hydrogen-bond donors (Lipinski definition) is 3. The first-order valence-electron chi connectivity index (χ1n) is 7.90. The van der Waals surface area contributed by atoms with Gasteiger partial charge in [0.2, 0.25) is 5.91 Å². The Morgan fingerprint density at radius 2 is 2.08 bits per heavy atom. The number of ether oxygens (including phenoxy) is 1. The molecular weight excluding hydrogens is 308 g/mol. The summed E-state index contributed by atoms with van der Waals surface area (Å²) in [4.78, 5) is 23.0. The van der Waals surface area contributed by atoms with Gasteiger partial charge in [0.1, 0.15) is 5.75 Å². The fourth-order valence-electron chi connectivity index (χ4n) is 2.25. The summed E-state index contributed by atoms with van der Waals surface area (Å²) in [7, 11) is 0. The monoisotopic (exact) mass is 332 g/mol. The molecule has 1 aliphatic heterocycles. The molecule has 0 saturated carbocycles. The number of nitrogens with two attached hydrogens (primary N) is 1. The summed E-state index contributed by atoms with van der Waals surface area (Å²) >= 11 is 0. The number of rotatable bonds is 6. The quantitative estimate of drug-likeness (QED) is 0.715. The SMILES string of the molecule is CC1CC(=O)NN=C1c1ccc(OCC(=O)NCC(C)(C)N)cc1. The predicted octanol–water partition coefficient (Wildman–Crippen LogP) is 0.779. The van der Waals surface area contributed by atoms with Gasteiger partial charge in [-0.05, 0) is 43.7 Å². The van der Waals surface area contributed by atoms with E-state index in [0.717, 1.165) is 11.3 Å². The summed E-state index contributed by atoms with van der Waals surface area (Å²) in [6, 6.07) is 7.29. The summed E-state index contributed by atoms with van der Waals surface area (Å²) in [5, 5.41) is 6.83. The van der Waals surface area contributed by atoms with Crippen molar-refractivity contribution in [3.63, 3.8) is 0 Å². The lowest BCUT2D eigenvalue weighted by atomic mass is 9.94. The van der Waals surface area contributed by atoms with Crippen LogP contribution in [0.4, 0.5) is 0 Å². The van der Waals surface area contributed by atoms with Crippen LogP contribution >= 0.6 is 0 Å². The van der Waals surface area contributed by atoms with Gasteiger partial charge in [-0.1, -0.05) is 6.92 Å². The fraction of sp³-hybridized carbons (Fsp3) is 0.471. The highest BCUT2D eigenvalue weighted by Gasteiger charge is 2.21. The molecule has 130 valence electrons. The topological polar surface area (TPSA) is 106 Å². The van der Waals surface area contributed by atoms with Gasteiger partial charge in [-0.15, -0.1) is 0 Å². The molecule has 7 nitrogen and oxygen atoms in total. The summed E-state index contributed by atoms with van der Waals surface area (Å²) in [5.74, 6) is 0.369. The highest BCUT2D eigenvalue weighted by Crippen LogP contribution is 2.19. The number of hydrazone groups is 1. The first kappa shape index (κ1) is 17.9. The van der Waals surface area contributed by atoms with Gasteiger partial charge in [0.15, 0.2) is 6.61 Å². The van der Waals surface area contributed by atoms with E-state index >= 15 is 0 Å². The molecule has 1 aromatic rings. The van der Waals surface area contributed by atoms with Crippen LogP contribution in [0.15, 0.2) is 29.4 Å². The van der Waals surface area contributed by atoms with E-state index in [4.69, 9.17) is 10.5 Å². The van der Waals surface area contributed by atoms with Crippen LogP contribution in [-0.2, 0) is 9.59 Å². The fourth-order valence-corrected chi connectivity index (χ4v) is 2.25. The maximum atomic E-state index is 11.7.